The van der Waals surface area contributed by atoms with E-state index >= 15 is 0 Å². The highest BCUT2D eigenvalue weighted by molar-refractivity contribution is 5.70. The molecule has 1 N–H and O–H groups in total. The van der Waals surface area contributed by atoms with Gasteiger partial charge in [0.1, 0.15) is 12.4 Å². The first kappa shape index (κ1) is 12.7. The highest BCUT2D eigenvalue weighted by Crippen LogP contribution is 2.29. The molecule has 1 atom stereocenters. The van der Waals surface area contributed by atoms with Gasteiger partial charge in [-0.15, -0.1) is 0 Å². The van der Waals surface area contributed by atoms with Crippen LogP contribution in [0.25, 0.3) is 11.1 Å². The molecule has 2 aromatic carbocycles. The quantitative estimate of drug-likeness (QED) is 0.867. The van der Waals surface area contributed by atoms with Gasteiger partial charge in [-0.2, -0.15) is 0 Å². The minimum atomic E-state index is 0.342. The summed E-state index contributed by atoms with van der Waals surface area (Å²) < 4.78 is 5.88. The fourth-order valence-electron chi connectivity index (χ4n) is 1.75. The zero-order valence-corrected chi connectivity index (χ0v) is 10.9. The fraction of sp³-hybridized carbons (Fsp3) is 0.250. The molecule has 0 amide bonds. The highest BCUT2D eigenvalue weighted by atomic mass is 16.5. The lowest BCUT2D eigenvalue weighted by molar-refractivity contribution is 0.281. The molecule has 18 heavy (non-hydrogen) atoms. The Balaban J connectivity index is 2.21. The molecule has 94 valence electrons. The number of benzene rings is 2. The molecule has 0 bridgehead atoms. The van der Waals surface area contributed by atoms with Gasteiger partial charge < -0.3 is 10.1 Å². The average Bonchev–Trinajstić information content (AvgIpc) is 2.46. The molecule has 2 heteroatoms. The van der Waals surface area contributed by atoms with E-state index in [4.69, 9.17) is 4.74 Å². The molecule has 0 heterocycles. The van der Waals surface area contributed by atoms with Gasteiger partial charge in [0.2, 0.25) is 0 Å². The van der Waals surface area contributed by atoms with Crippen molar-refractivity contribution in [2.75, 3.05) is 13.7 Å². The summed E-state index contributed by atoms with van der Waals surface area (Å²) in [4.78, 5) is 0. The summed E-state index contributed by atoms with van der Waals surface area (Å²) in [6.45, 7) is 2.77. The number of likely N-dealkylation sites (N-methyl/N-ethyl adjacent to an activating group) is 1. The second-order valence-corrected chi connectivity index (χ2v) is 4.36. The van der Waals surface area contributed by atoms with Crippen molar-refractivity contribution in [3.63, 3.8) is 0 Å². The third-order valence-corrected chi connectivity index (χ3v) is 2.95. The number of para-hydroxylation sites is 1. The van der Waals surface area contributed by atoms with Crippen molar-refractivity contribution in [2.24, 2.45) is 0 Å². The molecule has 0 saturated carbocycles. The van der Waals surface area contributed by atoms with E-state index in [1.54, 1.807) is 0 Å². The second kappa shape index (κ2) is 6.22. The van der Waals surface area contributed by atoms with E-state index in [0.717, 1.165) is 11.3 Å². The van der Waals surface area contributed by atoms with Gasteiger partial charge in [-0.05, 0) is 25.6 Å². The van der Waals surface area contributed by atoms with Gasteiger partial charge in [-0.3, -0.25) is 0 Å². The predicted octanol–water partition coefficient (Wildman–Crippen LogP) is 3.34. The number of hydrogen-bond donors (Lipinski definition) is 1. The molecule has 0 radical (unpaired) electrons. The van der Waals surface area contributed by atoms with Crippen LogP contribution in [0.3, 0.4) is 0 Å². The topological polar surface area (TPSA) is 21.3 Å². The van der Waals surface area contributed by atoms with E-state index in [9.17, 15) is 0 Å². The molecule has 2 aromatic rings. The van der Waals surface area contributed by atoms with Gasteiger partial charge in [0.25, 0.3) is 0 Å². The van der Waals surface area contributed by atoms with Crippen LogP contribution >= 0.6 is 0 Å². The molecule has 2 rings (SSSR count). The zero-order chi connectivity index (χ0) is 12.8. The van der Waals surface area contributed by atoms with Crippen molar-refractivity contribution in [1.82, 2.24) is 5.32 Å². The van der Waals surface area contributed by atoms with E-state index in [0.29, 0.717) is 12.6 Å². The van der Waals surface area contributed by atoms with Gasteiger partial charge in [0.05, 0.1) is 0 Å². The largest absolute Gasteiger partial charge is 0.491 e. The molecule has 0 aliphatic heterocycles. The van der Waals surface area contributed by atoms with Crippen molar-refractivity contribution in [1.29, 1.82) is 0 Å². The summed E-state index contributed by atoms with van der Waals surface area (Å²) >= 11 is 0. The zero-order valence-electron chi connectivity index (χ0n) is 10.9. The van der Waals surface area contributed by atoms with Crippen molar-refractivity contribution in [3.8, 4) is 16.9 Å². The standard InChI is InChI=1S/C16H19NO/c1-13(17-2)12-18-16-11-7-6-10-15(16)14-8-4-3-5-9-14/h3-11,13,17H,12H2,1-2H3. The SMILES string of the molecule is CNC(C)COc1ccccc1-c1ccccc1. The number of ether oxygens (including phenoxy) is 1. The van der Waals surface area contributed by atoms with Gasteiger partial charge >= 0.3 is 0 Å². The van der Waals surface area contributed by atoms with Crippen molar-refractivity contribution in [2.45, 2.75) is 13.0 Å². The molecular formula is C16H19NO. The monoisotopic (exact) mass is 241 g/mol. The molecule has 0 aromatic heterocycles. The smallest absolute Gasteiger partial charge is 0.127 e. The van der Waals surface area contributed by atoms with Crippen LogP contribution in [0, 0.1) is 0 Å². The Morgan fingerprint density at radius 3 is 2.39 bits per heavy atom. The van der Waals surface area contributed by atoms with Crippen molar-refractivity contribution in [3.05, 3.63) is 54.6 Å². The van der Waals surface area contributed by atoms with E-state index in [2.05, 4.69) is 30.4 Å². The summed E-state index contributed by atoms with van der Waals surface area (Å²) in [6, 6.07) is 18.8. The third kappa shape index (κ3) is 3.11. The molecule has 0 aliphatic carbocycles. The molecule has 0 fully saturated rings. The fourth-order valence-corrected chi connectivity index (χ4v) is 1.75. The van der Waals surface area contributed by atoms with Crippen LogP contribution < -0.4 is 10.1 Å². The third-order valence-electron chi connectivity index (χ3n) is 2.95. The Hall–Kier alpha value is -1.80. The first-order valence-corrected chi connectivity index (χ1v) is 6.26. The number of rotatable bonds is 5. The maximum Gasteiger partial charge on any atom is 0.127 e. The van der Waals surface area contributed by atoms with Gasteiger partial charge in [0.15, 0.2) is 0 Å². The molecule has 1 unspecified atom stereocenters. The minimum absolute atomic E-state index is 0.342. The number of nitrogens with one attached hydrogen (secondary N) is 1. The van der Waals surface area contributed by atoms with Gasteiger partial charge in [-0.1, -0.05) is 48.5 Å². The summed E-state index contributed by atoms with van der Waals surface area (Å²) in [6.07, 6.45) is 0. The lowest BCUT2D eigenvalue weighted by atomic mass is 10.1. The number of hydrogen-bond acceptors (Lipinski definition) is 2. The molecule has 0 spiro atoms. The Kier molecular flexibility index (Phi) is 4.37. The Bertz CT molecular complexity index is 481. The van der Waals surface area contributed by atoms with Crippen LogP contribution in [0.1, 0.15) is 6.92 Å². The Morgan fingerprint density at radius 1 is 1.00 bits per heavy atom. The van der Waals surface area contributed by atoms with E-state index < -0.39 is 0 Å². The Labute approximate surface area is 109 Å². The molecular weight excluding hydrogens is 222 g/mol. The summed E-state index contributed by atoms with van der Waals surface area (Å²) in [7, 11) is 1.94. The van der Waals surface area contributed by atoms with Crippen LogP contribution in [0.15, 0.2) is 54.6 Å². The van der Waals surface area contributed by atoms with Crippen molar-refractivity contribution >= 4 is 0 Å². The summed E-state index contributed by atoms with van der Waals surface area (Å²) in [5, 5.41) is 3.17. The first-order chi connectivity index (χ1) is 8.81. The van der Waals surface area contributed by atoms with Crippen LogP contribution in [-0.4, -0.2) is 19.7 Å². The summed E-state index contributed by atoms with van der Waals surface area (Å²) in [5.41, 5.74) is 2.33. The lowest BCUT2D eigenvalue weighted by Gasteiger charge is -2.15. The average molecular weight is 241 g/mol. The first-order valence-electron chi connectivity index (χ1n) is 6.26. The van der Waals surface area contributed by atoms with Crippen LogP contribution in [0.2, 0.25) is 0 Å². The minimum Gasteiger partial charge on any atom is -0.491 e. The molecule has 2 nitrogen and oxygen atoms in total. The second-order valence-electron chi connectivity index (χ2n) is 4.36. The van der Waals surface area contributed by atoms with Crippen LogP contribution in [-0.2, 0) is 0 Å². The van der Waals surface area contributed by atoms with Crippen LogP contribution in [0.4, 0.5) is 0 Å². The molecule has 0 saturated heterocycles. The predicted molar refractivity (Wildman–Crippen MR) is 75.9 cm³/mol. The van der Waals surface area contributed by atoms with E-state index in [1.165, 1.54) is 5.56 Å². The lowest BCUT2D eigenvalue weighted by Crippen LogP contribution is -2.28. The maximum absolute atomic E-state index is 5.88. The normalized spacial score (nSPS) is 12.1. The molecule has 0 aliphatic rings. The van der Waals surface area contributed by atoms with Crippen LogP contribution in [0.5, 0.6) is 5.75 Å². The van der Waals surface area contributed by atoms with Gasteiger partial charge in [0, 0.05) is 11.6 Å². The highest BCUT2D eigenvalue weighted by Gasteiger charge is 2.06. The van der Waals surface area contributed by atoms with E-state index in [-0.39, 0.29) is 0 Å². The van der Waals surface area contributed by atoms with Gasteiger partial charge in [-0.25, -0.2) is 0 Å². The maximum atomic E-state index is 5.88. The summed E-state index contributed by atoms with van der Waals surface area (Å²) in [5.74, 6) is 0.936. The Morgan fingerprint density at radius 2 is 1.67 bits per heavy atom. The van der Waals surface area contributed by atoms with Crippen molar-refractivity contribution < 1.29 is 4.74 Å². The van der Waals surface area contributed by atoms with E-state index in [1.807, 2.05) is 43.4 Å².